The molecule has 7 heteroatoms. The van der Waals surface area contributed by atoms with Gasteiger partial charge in [0.25, 0.3) is 0 Å². The average Bonchev–Trinajstić information content (AvgIpc) is 3.03. The van der Waals surface area contributed by atoms with Gasteiger partial charge in [-0.25, -0.2) is 0 Å². The first-order valence-electron chi connectivity index (χ1n) is 8.38. The molecule has 0 saturated carbocycles. The van der Waals surface area contributed by atoms with Crippen molar-refractivity contribution in [1.82, 2.24) is 9.88 Å². The van der Waals surface area contributed by atoms with E-state index in [9.17, 15) is 5.26 Å². The van der Waals surface area contributed by atoms with E-state index < -0.39 is 0 Å². The fourth-order valence-corrected chi connectivity index (χ4v) is 2.62. The van der Waals surface area contributed by atoms with E-state index in [4.69, 9.17) is 13.9 Å². The number of morpholine rings is 1. The van der Waals surface area contributed by atoms with Crippen LogP contribution in [-0.4, -0.2) is 49.3 Å². The van der Waals surface area contributed by atoms with Crippen LogP contribution in [0.1, 0.15) is 17.1 Å². The van der Waals surface area contributed by atoms with Crippen molar-refractivity contribution in [3.05, 3.63) is 41.4 Å². The van der Waals surface area contributed by atoms with Gasteiger partial charge in [0, 0.05) is 26.2 Å². The summed E-state index contributed by atoms with van der Waals surface area (Å²) in [5, 5.41) is 12.4. The lowest BCUT2D eigenvalue weighted by Gasteiger charge is -2.26. The summed E-state index contributed by atoms with van der Waals surface area (Å²) in [6.45, 7) is 7.13. The summed E-state index contributed by atoms with van der Waals surface area (Å²) in [7, 11) is 0. The van der Waals surface area contributed by atoms with Gasteiger partial charge in [-0.3, -0.25) is 4.90 Å². The van der Waals surface area contributed by atoms with Gasteiger partial charge in [0.15, 0.2) is 6.61 Å². The first kappa shape index (κ1) is 17.3. The maximum atomic E-state index is 9.22. The first-order chi connectivity index (χ1) is 12.2. The molecule has 25 heavy (non-hydrogen) atoms. The molecule has 1 aliphatic rings. The van der Waals surface area contributed by atoms with E-state index in [0.29, 0.717) is 18.3 Å². The van der Waals surface area contributed by atoms with Crippen LogP contribution in [0.15, 0.2) is 28.7 Å². The van der Waals surface area contributed by atoms with Crippen molar-refractivity contribution in [1.29, 1.82) is 5.26 Å². The van der Waals surface area contributed by atoms with Crippen molar-refractivity contribution in [3.8, 4) is 11.8 Å². The Morgan fingerprint density at radius 2 is 2.20 bits per heavy atom. The number of rotatable bonds is 7. The minimum absolute atomic E-state index is 0.184. The van der Waals surface area contributed by atoms with Gasteiger partial charge in [0.05, 0.1) is 13.2 Å². The summed E-state index contributed by atoms with van der Waals surface area (Å²) >= 11 is 0. The molecule has 2 aromatic rings. The molecule has 0 amide bonds. The van der Waals surface area contributed by atoms with Crippen molar-refractivity contribution in [2.45, 2.75) is 13.5 Å². The highest BCUT2D eigenvalue weighted by atomic mass is 16.5. The molecule has 1 aromatic heterocycles. The van der Waals surface area contributed by atoms with Crippen LogP contribution in [0.5, 0.6) is 5.75 Å². The van der Waals surface area contributed by atoms with Gasteiger partial charge in [-0.15, -0.1) is 0 Å². The van der Waals surface area contributed by atoms with E-state index >= 15 is 0 Å². The van der Waals surface area contributed by atoms with E-state index in [0.717, 1.165) is 44.2 Å². The molecule has 0 radical (unpaired) electrons. The number of anilines is 1. The van der Waals surface area contributed by atoms with Gasteiger partial charge in [-0.05, 0) is 24.6 Å². The third-order valence-corrected chi connectivity index (χ3v) is 3.95. The van der Waals surface area contributed by atoms with Gasteiger partial charge in [0.2, 0.25) is 17.5 Å². The fourth-order valence-electron chi connectivity index (χ4n) is 2.62. The number of hydrogen-bond donors (Lipinski definition) is 1. The molecule has 1 N–H and O–H groups in total. The van der Waals surface area contributed by atoms with Crippen LogP contribution < -0.4 is 10.1 Å². The van der Waals surface area contributed by atoms with Crippen molar-refractivity contribution in [2.24, 2.45) is 0 Å². The maximum Gasteiger partial charge on any atom is 0.236 e. The molecule has 1 fully saturated rings. The summed E-state index contributed by atoms with van der Waals surface area (Å²) < 4.78 is 16.6. The zero-order valence-electron chi connectivity index (χ0n) is 14.3. The van der Waals surface area contributed by atoms with Crippen LogP contribution in [0.3, 0.4) is 0 Å². The molecule has 0 spiro atoms. The van der Waals surface area contributed by atoms with Crippen LogP contribution in [0.2, 0.25) is 0 Å². The second-order valence-corrected chi connectivity index (χ2v) is 5.88. The topological polar surface area (TPSA) is 83.5 Å². The normalized spacial score (nSPS) is 14.9. The minimum atomic E-state index is 0.184. The van der Waals surface area contributed by atoms with Crippen LogP contribution in [0.4, 0.5) is 5.88 Å². The van der Waals surface area contributed by atoms with Crippen LogP contribution in [0.25, 0.3) is 0 Å². The average molecular weight is 342 g/mol. The Morgan fingerprint density at radius 1 is 1.36 bits per heavy atom. The smallest absolute Gasteiger partial charge is 0.236 e. The molecule has 0 atom stereocenters. The molecule has 0 bridgehead atoms. The Balaban J connectivity index is 1.53. The quantitative estimate of drug-likeness (QED) is 0.825. The standard InChI is InChI=1S/C18H22N4O3/c1-14-3-2-4-15(11-14)24-13-17-21-16(12-19)18(25-17)20-5-6-22-7-9-23-10-8-22/h2-4,11,20H,5-10,13H2,1H3. The number of aryl methyl sites for hydroxylation is 1. The second kappa shape index (κ2) is 8.51. The number of benzene rings is 1. The Morgan fingerprint density at radius 3 is 2.96 bits per heavy atom. The molecule has 0 unspecified atom stereocenters. The number of nitrogens with zero attached hydrogens (tertiary/aromatic N) is 3. The molecule has 3 rings (SSSR count). The van der Waals surface area contributed by atoms with Gasteiger partial charge in [-0.1, -0.05) is 12.1 Å². The number of nitriles is 1. The van der Waals surface area contributed by atoms with Gasteiger partial charge in [0.1, 0.15) is 11.8 Å². The lowest BCUT2D eigenvalue weighted by Crippen LogP contribution is -2.39. The molecule has 7 nitrogen and oxygen atoms in total. The molecular weight excluding hydrogens is 320 g/mol. The van der Waals surface area contributed by atoms with Crippen molar-refractivity contribution in [3.63, 3.8) is 0 Å². The van der Waals surface area contributed by atoms with Gasteiger partial charge in [-0.2, -0.15) is 10.2 Å². The highest BCUT2D eigenvalue weighted by Crippen LogP contribution is 2.19. The number of hydrogen-bond acceptors (Lipinski definition) is 7. The molecule has 1 aliphatic heterocycles. The minimum Gasteiger partial charge on any atom is -0.484 e. The van der Waals surface area contributed by atoms with Crippen LogP contribution in [0, 0.1) is 18.3 Å². The number of aromatic nitrogens is 1. The lowest BCUT2D eigenvalue weighted by molar-refractivity contribution is 0.0398. The van der Waals surface area contributed by atoms with E-state index in [1.54, 1.807) is 0 Å². The summed E-state index contributed by atoms with van der Waals surface area (Å²) in [5.41, 5.74) is 1.37. The summed E-state index contributed by atoms with van der Waals surface area (Å²) in [6, 6.07) is 9.81. The van der Waals surface area contributed by atoms with E-state index in [1.165, 1.54) is 0 Å². The Hall–Kier alpha value is -2.56. The van der Waals surface area contributed by atoms with Crippen LogP contribution in [-0.2, 0) is 11.3 Å². The monoisotopic (exact) mass is 342 g/mol. The Labute approximate surface area is 147 Å². The van der Waals surface area contributed by atoms with Gasteiger partial charge < -0.3 is 19.2 Å². The third kappa shape index (κ3) is 4.95. The van der Waals surface area contributed by atoms with Crippen molar-refractivity contribution >= 4 is 5.88 Å². The maximum absolute atomic E-state index is 9.22. The number of oxazole rings is 1. The fraction of sp³-hybridized carbons (Fsp3) is 0.444. The summed E-state index contributed by atoms with van der Waals surface area (Å²) in [4.78, 5) is 6.49. The molecule has 1 aromatic carbocycles. The van der Waals surface area contributed by atoms with Gasteiger partial charge >= 0.3 is 0 Å². The van der Waals surface area contributed by atoms with Crippen molar-refractivity contribution in [2.75, 3.05) is 44.7 Å². The molecule has 0 aliphatic carbocycles. The predicted molar refractivity (Wildman–Crippen MR) is 92.5 cm³/mol. The highest BCUT2D eigenvalue weighted by Gasteiger charge is 2.14. The molecule has 2 heterocycles. The predicted octanol–water partition coefficient (Wildman–Crippen LogP) is 2.18. The van der Waals surface area contributed by atoms with E-state index in [1.807, 2.05) is 31.2 Å². The second-order valence-electron chi connectivity index (χ2n) is 5.88. The Bertz CT molecular complexity index is 732. The Kier molecular flexibility index (Phi) is 5.88. The summed E-state index contributed by atoms with van der Waals surface area (Å²) in [6.07, 6.45) is 0. The summed E-state index contributed by atoms with van der Waals surface area (Å²) in [5.74, 6) is 1.53. The highest BCUT2D eigenvalue weighted by molar-refractivity contribution is 5.45. The number of nitrogens with one attached hydrogen (secondary N) is 1. The van der Waals surface area contributed by atoms with E-state index in [2.05, 4.69) is 21.3 Å². The molecule has 132 valence electrons. The number of ether oxygens (including phenoxy) is 2. The molecular formula is C18H22N4O3. The third-order valence-electron chi connectivity index (χ3n) is 3.95. The SMILES string of the molecule is Cc1cccc(OCc2nc(C#N)c(NCCN3CCOCC3)o2)c1. The largest absolute Gasteiger partial charge is 0.484 e. The van der Waals surface area contributed by atoms with Crippen molar-refractivity contribution < 1.29 is 13.9 Å². The molecule has 1 saturated heterocycles. The first-order valence-corrected chi connectivity index (χ1v) is 8.38. The van der Waals surface area contributed by atoms with Crippen LogP contribution >= 0.6 is 0 Å². The zero-order valence-corrected chi connectivity index (χ0v) is 14.3. The zero-order chi connectivity index (χ0) is 17.5. The lowest BCUT2D eigenvalue weighted by atomic mass is 10.2. The van der Waals surface area contributed by atoms with E-state index in [-0.39, 0.29) is 12.3 Å².